The van der Waals surface area contributed by atoms with E-state index >= 15 is 0 Å². The number of fused-ring (bicyclic) bond motifs is 1. The lowest BCUT2D eigenvalue weighted by Gasteiger charge is -2.23. The normalized spacial score (nSPS) is 16.1. The molecule has 0 spiro atoms. The van der Waals surface area contributed by atoms with E-state index in [-0.39, 0.29) is 25.1 Å². The van der Waals surface area contributed by atoms with Gasteiger partial charge in [-0.05, 0) is 31.5 Å². The fraction of sp³-hybridized carbons (Fsp3) is 0.400. The van der Waals surface area contributed by atoms with Crippen LogP contribution < -0.4 is 21.3 Å². The molecule has 0 saturated carbocycles. The fourth-order valence-electron chi connectivity index (χ4n) is 4.76. The van der Waals surface area contributed by atoms with Crippen molar-refractivity contribution >= 4 is 27.5 Å². The zero-order valence-electron chi connectivity index (χ0n) is 21.5. The maximum atomic E-state index is 14.4. The first-order valence-electron chi connectivity index (χ1n) is 12.2. The van der Waals surface area contributed by atoms with Crippen LogP contribution in [0.4, 0.5) is 4.39 Å². The van der Waals surface area contributed by atoms with Crippen LogP contribution in [-0.2, 0) is 20.8 Å². The molecule has 4 aromatic rings. The first kappa shape index (κ1) is 26.7. The third-order valence-corrected chi connectivity index (χ3v) is 7.92. The van der Waals surface area contributed by atoms with Crippen LogP contribution in [0.5, 0.6) is 5.75 Å². The van der Waals surface area contributed by atoms with Gasteiger partial charge in [0.2, 0.25) is 5.91 Å². The predicted octanol–water partition coefficient (Wildman–Crippen LogP) is 1.73. The lowest BCUT2D eigenvalue weighted by Crippen LogP contribution is -2.44. The van der Waals surface area contributed by atoms with Gasteiger partial charge in [0, 0.05) is 24.8 Å². The number of halogens is 1. The molecule has 1 aliphatic heterocycles. The highest BCUT2D eigenvalue weighted by Crippen LogP contribution is 2.34. The van der Waals surface area contributed by atoms with E-state index in [1.807, 2.05) is 0 Å². The quantitative estimate of drug-likeness (QED) is 0.291. The molecular weight excluding hydrogens is 531 g/mol. The first-order valence-corrected chi connectivity index (χ1v) is 13.0. The Kier molecular flexibility index (Phi) is 7.59. The number of rotatable bonds is 10. The van der Waals surface area contributed by atoms with Crippen LogP contribution in [0.15, 0.2) is 40.2 Å². The second kappa shape index (κ2) is 11.1. The summed E-state index contributed by atoms with van der Waals surface area (Å²) in [6.07, 6.45) is 2.45. The highest BCUT2D eigenvalue weighted by atomic mass is 32.1. The molecule has 3 aromatic heterocycles. The Labute approximate surface area is 225 Å². The third kappa shape index (κ3) is 4.86. The summed E-state index contributed by atoms with van der Waals surface area (Å²) in [5.41, 5.74) is -0.295. The van der Waals surface area contributed by atoms with E-state index in [4.69, 9.17) is 14.2 Å². The van der Waals surface area contributed by atoms with Gasteiger partial charge in [-0.25, -0.2) is 13.8 Å². The molecule has 1 aliphatic rings. The summed E-state index contributed by atoms with van der Waals surface area (Å²) in [5.74, 6) is -0.535. The number of benzene rings is 1. The van der Waals surface area contributed by atoms with Gasteiger partial charge in [0.25, 0.3) is 5.56 Å². The highest BCUT2D eigenvalue weighted by Gasteiger charge is 2.33. The van der Waals surface area contributed by atoms with Gasteiger partial charge in [0.1, 0.15) is 33.5 Å². The maximum absolute atomic E-state index is 14.4. The Morgan fingerprint density at radius 1 is 1.18 bits per heavy atom. The number of nitrogens with one attached hydrogen (secondary N) is 1. The van der Waals surface area contributed by atoms with E-state index < -0.39 is 35.1 Å². The Morgan fingerprint density at radius 2 is 1.95 bits per heavy atom. The molecule has 0 aliphatic carbocycles. The van der Waals surface area contributed by atoms with Crippen molar-refractivity contribution in [2.75, 3.05) is 34.0 Å². The number of aryl methyl sites for hydroxylation is 1. The van der Waals surface area contributed by atoms with E-state index in [9.17, 15) is 18.8 Å². The number of carbonyl (C=O) groups excluding carboxylic acids is 1. The molecular formula is C25H27FN6O6S. The SMILES string of the molecule is COCCO[C@@H](Cn1c(=O)n([C@@H]2CCNC2=O)c(=O)c2c(C)c(-n3nccn3)sc21)c1cc(F)ccc1OC. The van der Waals surface area contributed by atoms with Crippen molar-refractivity contribution in [1.29, 1.82) is 0 Å². The zero-order chi connectivity index (χ0) is 27.7. The van der Waals surface area contributed by atoms with Crippen LogP contribution >= 0.6 is 11.3 Å². The Hall–Kier alpha value is -3.88. The molecule has 0 unspecified atom stereocenters. The molecule has 206 valence electrons. The third-order valence-electron chi connectivity index (χ3n) is 6.64. The van der Waals surface area contributed by atoms with E-state index in [1.165, 1.54) is 65.5 Å². The second-order valence-corrected chi connectivity index (χ2v) is 9.91. The summed E-state index contributed by atoms with van der Waals surface area (Å²) in [5, 5.41) is 11.9. The summed E-state index contributed by atoms with van der Waals surface area (Å²) in [4.78, 5) is 42.1. The van der Waals surface area contributed by atoms with E-state index in [0.29, 0.717) is 39.7 Å². The Morgan fingerprint density at radius 3 is 2.62 bits per heavy atom. The second-order valence-electron chi connectivity index (χ2n) is 8.93. The summed E-state index contributed by atoms with van der Waals surface area (Å²) >= 11 is 1.17. The van der Waals surface area contributed by atoms with Crippen molar-refractivity contribution in [3.8, 4) is 10.8 Å². The predicted molar refractivity (Wildman–Crippen MR) is 140 cm³/mol. The average Bonchev–Trinajstić information content (AvgIpc) is 3.67. The van der Waals surface area contributed by atoms with Crippen molar-refractivity contribution < 1.29 is 23.4 Å². The number of methoxy groups -OCH3 is 2. The molecule has 0 bridgehead atoms. The molecule has 1 amide bonds. The standard InChI is InChI=1S/C25H27FN6O6S/c1-14-20-22(34)31(17-6-7-27-21(17)33)25(35)30(24(20)39-23(14)32-28-8-9-29-32)13-19(38-11-10-36-2)16-12-15(26)4-5-18(16)37-3/h4-5,8-9,12,17,19H,6-7,10-11,13H2,1-3H3,(H,27,33)/t17-,19+/m1/s1. The van der Waals surface area contributed by atoms with Gasteiger partial charge in [0.05, 0.1) is 44.6 Å². The topological polar surface area (TPSA) is 132 Å². The number of ether oxygens (including phenoxy) is 3. The molecule has 1 N–H and O–H groups in total. The zero-order valence-corrected chi connectivity index (χ0v) is 22.4. The van der Waals surface area contributed by atoms with Gasteiger partial charge in [-0.3, -0.25) is 14.2 Å². The summed E-state index contributed by atoms with van der Waals surface area (Å²) in [6, 6.07) is 3.08. The molecule has 5 rings (SSSR count). The van der Waals surface area contributed by atoms with Crippen LogP contribution in [0.2, 0.25) is 0 Å². The highest BCUT2D eigenvalue weighted by molar-refractivity contribution is 7.21. The molecule has 4 heterocycles. The lowest BCUT2D eigenvalue weighted by atomic mass is 10.1. The largest absolute Gasteiger partial charge is 0.496 e. The summed E-state index contributed by atoms with van der Waals surface area (Å²) in [6.45, 7) is 2.40. The number of thiophene rings is 1. The molecule has 1 saturated heterocycles. The van der Waals surface area contributed by atoms with Crippen molar-refractivity contribution in [1.82, 2.24) is 29.4 Å². The van der Waals surface area contributed by atoms with Crippen LogP contribution in [0, 0.1) is 12.7 Å². The average molecular weight is 559 g/mol. The lowest BCUT2D eigenvalue weighted by molar-refractivity contribution is -0.122. The Bertz CT molecular complexity index is 1630. The molecule has 0 radical (unpaired) electrons. The molecule has 12 nitrogen and oxygen atoms in total. The van der Waals surface area contributed by atoms with Crippen LogP contribution in [0.3, 0.4) is 0 Å². The van der Waals surface area contributed by atoms with Crippen LogP contribution in [0.25, 0.3) is 15.2 Å². The number of amides is 1. The van der Waals surface area contributed by atoms with Gasteiger partial charge in [-0.1, -0.05) is 11.3 Å². The number of carbonyl (C=O) groups is 1. The van der Waals surface area contributed by atoms with Crippen molar-refractivity contribution in [2.45, 2.75) is 32.0 Å². The molecule has 14 heteroatoms. The Balaban J connectivity index is 1.74. The van der Waals surface area contributed by atoms with E-state index in [0.717, 1.165) is 4.57 Å². The van der Waals surface area contributed by atoms with Crippen LogP contribution in [0.1, 0.15) is 29.7 Å². The minimum Gasteiger partial charge on any atom is -0.496 e. The van der Waals surface area contributed by atoms with Crippen molar-refractivity contribution in [3.63, 3.8) is 0 Å². The van der Waals surface area contributed by atoms with Gasteiger partial charge in [-0.2, -0.15) is 10.2 Å². The minimum atomic E-state index is -0.956. The van der Waals surface area contributed by atoms with Gasteiger partial charge >= 0.3 is 5.69 Å². The summed E-state index contributed by atoms with van der Waals surface area (Å²) < 4.78 is 33.4. The maximum Gasteiger partial charge on any atom is 0.332 e. The van der Waals surface area contributed by atoms with Gasteiger partial charge in [0.15, 0.2) is 0 Å². The molecule has 2 atom stereocenters. The molecule has 1 fully saturated rings. The van der Waals surface area contributed by atoms with Crippen LogP contribution in [-0.4, -0.2) is 64.0 Å². The number of aromatic nitrogens is 5. The fourth-order valence-corrected chi connectivity index (χ4v) is 5.98. The van der Waals surface area contributed by atoms with E-state index in [1.54, 1.807) is 6.92 Å². The molecule has 1 aromatic carbocycles. The van der Waals surface area contributed by atoms with E-state index in [2.05, 4.69) is 15.5 Å². The number of hydrogen-bond acceptors (Lipinski definition) is 9. The summed E-state index contributed by atoms with van der Waals surface area (Å²) in [7, 11) is 2.98. The first-order chi connectivity index (χ1) is 18.8. The smallest absolute Gasteiger partial charge is 0.332 e. The minimum absolute atomic E-state index is 0.0978. The number of hydrogen-bond donors (Lipinski definition) is 1. The number of nitrogens with zero attached hydrogens (tertiary/aromatic N) is 5. The monoisotopic (exact) mass is 558 g/mol. The van der Waals surface area contributed by atoms with Gasteiger partial charge < -0.3 is 19.5 Å². The molecule has 39 heavy (non-hydrogen) atoms. The van der Waals surface area contributed by atoms with Crippen molar-refractivity contribution in [2.24, 2.45) is 0 Å². The van der Waals surface area contributed by atoms with Crippen molar-refractivity contribution in [3.05, 3.63) is 68.4 Å². The van der Waals surface area contributed by atoms with Gasteiger partial charge in [-0.15, -0.1) is 4.80 Å².